The van der Waals surface area contributed by atoms with Crippen molar-refractivity contribution < 1.29 is 9.59 Å². The molecule has 0 aliphatic rings. The van der Waals surface area contributed by atoms with E-state index in [1.54, 1.807) is 24.3 Å². The van der Waals surface area contributed by atoms with Gasteiger partial charge in [0.15, 0.2) is 0 Å². The number of hydrogen-bond donors (Lipinski definition) is 1. The molecule has 136 valence electrons. The van der Waals surface area contributed by atoms with E-state index < -0.39 is 11.4 Å². The lowest BCUT2D eigenvalue weighted by Crippen LogP contribution is -2.55. The minimum absolute atomic E-state index is 0.303. The molecule has 0 saturated heterocycles. The molecule has 0 atom stereocenters. The topological polar surface area (TPSA) is 49.4 Å². The first-order chi connectivity index (χ1) is 11.8. The molecule has 0 heterocycles. The van der Waals surface area contributed by atoms with Crippen LogP contribution in [0.4, 0.5) is 0 Å². The number of rotatable bonds is 5. The zero-order valence-corrected chi connectivity index (χ0v) is 16.2. The van der Waals surface area contributed by atoms with Gasteiger partial charge in [-0.05, 0) is 57.4 Å². The Morgan fingerprint density at radius 2 is 1.76 bits per heavy atom. The second-order valence-corrected chi connectivity index (χ2v) is 7.31. The molecular weight excluding hydrogens is 336 g/mol. The molecule has 0 fully saturated rings. The molecular formula is C20H27ClN2O2. The number of nitrogens with one attached hydrogen (secondary N) is 1. The number of hydrogen-bond acceptors (Lipinski definition) is 2. The molecule has 0 aliphatic heterocycles. The molecule has 0 aromatic heterocycles. The molecule has 4 nitrogen and oxygen atoms in total. The number of unbranched alkanes of at least 4 members (excludes halogenated alkanes) is 4. The summed E-state index contributed by atoms with van der Waals surface area (Å²) in [6.07, 6.45) is 5.15. The third kappa shape index (κ3) is 7.62. The third-order valence-electron chi connectivity index (χ3n) is 3.54. The molecule has 5 heteroatoms. The van der Waals surface area contributed by atoms with Crippen molar-refractivity contribution in [1.29, 1.82) is 0 Å². The van der Waals surface area contributed by atoms with Gasteiger partial charge >= 0.3 is 5.91 Å². The normalized spacial score (nSPS) is 10.6. The quantitative estimate of drug-likeness (QED) is 0.473. The van der Waals surface area contributed by atoms with Crippen molar-refractivity contribution in [3.05, 3.63) is 34.9 Å². The minimum Gasteiger partial charge on any atom is -0.267 e. The van der Waals surface area contributed by atoms with Gasteiger partial charge in [0.05, 0.1) is 5.54 Å². The number of carbonyl (C=O) groups excluding carboxylic acids is 2. The summed E-state index contributed by atoms with van der Waals surface area (Å²) < 4.78 is 0. The molecule has 0 aliphatic carbocycles. The highest BCUT2D eigenvalue weighted by Crippen LogP contribution is 2.17. The van der Waals surface area contributed by atoms with E-state index in [0.717, 1.165) is 12.8 Å². The van der Waals surface area contributed by atoms with Crippen molar-refractivity contribution >= 4 is 23.4 Å². The number of benzene rings is 1. The largest absolute Gasteiger partial charge is 0.314 e. The van der Waals surface area contributed by atoms with E-state index >= 15 is 0 Å². The standard InChI is InChI=1S/C20H27ClN2O2/c1-5-6-7-8-9-10-11-18(24)22-23(20(2,3)4)19(25)16-12-14-17(21)15-13-16/h12-15H,5-9H2,1-4H3,(H,22,24). The highest BCUT2D eigenvalue weighted by molar-refractivity contribution is 6.30. The summed E-state index contributed by atoms with van der Waals surface area (Å²) in [5.74, 6) is 4.65. The van der Waals surface area contributed by atoms with Crippen LogP contribution < -0.4 is 5.43 Å². The van der Waals surface area contributed by atoms with Gasteiger partial charge in [0.1, 0.15) is 0 Å². The molecule has 1 rings (SSSR count). The Kier molecular flexibility index (Phi) is 8.51. The van der Waals surface area contributed by atoms with Crippen molar-refractivity contribution in [1.82, 2.24) is 10.4 Å². The Balaban J connectivity index is 2.74. The fourth-order valence-electron chi connectivity index (χ4n) is 2.16. The molecule has 0 bridgehead atoms. The summed E-state index contributed by atoms with van der Waals surface area (Å²) in [6, 6.07) is 6.56. The van der Waals surface area contributed by atoms with E-state index in [1.807, 2.05) is 20.8 Å². The molecule has 0 spiro atoms. The SMILES string of the molecule is CCCCCCC#CC(=O)NN(C(=O)c1ccc(Cl)cc1)C(C)(C)C. The average Bonchev–Trinajstić information content (AvgIpc) is 2.55. The molecule has 0 saturated carbocycles. The maximum absolute atomic E-state index is 12.7. The summed E-state index contributed by atoms with van der Waals surface area (Å²) in [4.78, 5) is 24.8. The maximum Gasteiger partial charge on any atom is 0.314 e. The third-order valence-corrected chi connectivity index (χ3v) is 3.79. The number of hydrazine groups is 1. The van der Waals surface area contributed by atoms with Crippen LogP contribution in [0, 0.1) is 11.8 Å². The first-order valence-corrected chi connectivity index (χ1v) is 9.03. The Bertz CT molecular complexity index is 636. The molecule has 25 heavy (non-hydrogen) atoms. The van der Waals surface area contributed by atoms with Crippen LogP contribution in [0.25, 0.3) is 0 Å². The van der Waals surface area contributed by atoms with Gasteiger partial charge in [0.25, 0.3) is 5.91 Å². The van der Waals surface area contributed by atoms with Gasteiger partial charge in [-0.3, -0.25) is 15.0 Å². The van der Waals surface area contributed by atoms with Crippen LogP contribution >= 0.6 is 11.6 Å². The fourth-order valence-corrected chi connectivity index (χ4v) is 2.28. The van der Waals surface area contributed by atoms with Crippen molar-refractivity contribution in [2.24, 2.45) is 0 Å². The molecule has 1 aromatic rings. The van der Waals surface area contributed by atoms with Gasteiger partial charge in [0.2, 0.25) is 0 Å². The molecule has 0 unspecified atom stereocenters. The van der Waals surface area contributed by atoms with Crippen LogP contribution in [0.2, 0.25) is 5.02 Å². The zero-order valence-electron chi connectivity index (χ0n) is 15.5. The fraction of sp³-hybridized carbons (Fsp3) is 0.500. The number of halogens is 1. The average molecular weight is 363 g/mol. The van der Waals surface area contributed by atoms with Gasteiger partial charge in [-0.1, -0.05) is 43.7 Å². The summed E-state index contributed by atoms with van der Waals surface area (Å²) in [5, 5.41) is 1.86. The highest BCUT2D eigenvalue weighted by atomic mass is 35.5. The van der Waals surface area contributed by atoms with Crippen molar-refractivity contribution in [3.8, 4) is 11.8 Å². The van der Waals surface area contributed by atoms with Crippen molar-refractivity contribution in [2.45, 2.75) is 65.3 Å². The van der Waals surface area contributed by atoms with E-state index in [9.17, 15) is 9.59 Å². The smallest absolute Gasteiger partial charge is 0.267 e. The van der Waals surface area contributed by atoms with E-state index in [0.29, 0.717) is 17.0 Å². The predicted octanol–water partition coefficient (Wildman–Crippen LogP) is 4.59. The first-order valence-electron chi connectivity index (χ1n) is 8.65. The summed E-state index contributed by atoms with van der Waals surface area (Å²) in [5.41, 5.74) is 2.47. The Hall–Kier alpha value is -1.99. The zero-order chi connectivity index (χ0) is 18.9. The van der Waals surface area contributed by atoms with Crippen LogP contribution in [0.1, 0.15) is 70.2 Å². The molecule has 1 aromatic carbocycles. The van der Waals surface area contributed by atoms with Gasteiger partial charge in [-0.2, -0.15) is 0 Å². The molecule has 2 amide bonds. The highest BCUT2D eigenvalue weighted by Gasteiger charge is 2.28. The Morgan fingerprint density at radius 1 is 1.12 bits per heavy atom. The monoisotopic (exact) mass is 362 g/mol. The van der Waals surface area contributed by atoms with Gasteiger partial charge in [-0.25, -0.2) is 5.01 Å². The van der Waals surface area contributed by atoms with Crippen molar-refractivity contribution in [2.75, 3.05) is 0 Å². The lowest BCUT2D eigenvalue weighted by Gasteiger charge is -2.34. The van der Waals surface area contributed by atoms with Crippen LogP contribution in [0.5, 0.6) is 0 Å². The van der Waals surface area contributed by atoms with Crippen LogP contribution in [-0.4, -0.2) is 22.4 Å². The van der Waals surface area contributed by atoms with Gasteiger partial charge in [0, 0.05) is 17.0 Å². The molecule has 0 radical (unpaired) electrons. The van der Waals surface area contributed by atoms with E-state index in [1.165, 1.54) is 17.9 Å². The van der Waals surface area contributed by atoms with Crippen LogP contribution in [0.3, 0.4) is 0 Å². The number of amides is 2. The lowest BCUT2D eigenvalue weighted by atomic mass is 10.1. The van der Waals surface area contributed by atoms with Gasteiger partial charge in [-0.15, -0.1) is 0 Å². The second-order valence-electron chi connectivity index (χ2n) is 6.87. The Labute approximate surface area is 155 Å². The number of carbonyl (C=O) groups is 2. The van der Waals surface area contributed by atoms with E-state index in [-0.39, 0.29) is 5.91 Å². The van der Waals surface area contributed by atoms with E-state index in [2.05, 4.69) is 24.2 Å². The van der Waals surface area contributed by atoms with Crippen LogP contribution in [-0.2, 0) is 4.79 Å². The minimum atomic E-state index is -0.588. The first kappa shape index (κ1) is 21.1. The number of nitrogens with zero attached hydrogens (tertiary/aromatic N) is 1. The summed E-state index contributed by atoms with van der Waals surface area (Å²) in [7, 11) is 0. The molecule has 1 N–H and O–H groups in total. The van der Waals surface area contributed by atoms with Crippen molar-refractivity contribution in [3.63, 3.8) is 0 Å². The van der Waals surface area contributed by atoms with Crippen LogP contribution in [0.15, 0.2) is 24.3 Å². The van der Waals surface area contributed by atoms with Gasteiger partial charge < -0.3 is 0 Å². The second kappa shape index (κ2) is 10.1. The van der Waals surface area contributed by atoms with E-state index in [4.69, 9.17) is 11.6 Å². The summed E-state index contributed by atoms with van der Waals surface area (Å²) >= 11 is 5.86. The predicted molar refractivity (Wildman–Crippen MR) is 102 cm³/mol. The maximum atomic E-state index is 12.7. The lowest BCUT2D eigenvalue weighted by molar-refractivity contribution is -0.121. The summed E-state index contributed by atoms with van der Waals surface area (Å²) in [6.45, 7) is 7.69. The Morgan fingerprint density at radius 3 is 2.32 bits per heavy atom.